The van der Waals surface area contributed by atoms with E-state index in [4.69, 9.17) is 4.98 Å². The minimum atomic E-state index is -0.0584. The number of piperidine rings is 1. The largest absolute Gasteiger partial charge is 0.343 e. The van der Waals surface area contributed by atoms with Crippen molar-refractivity contribution in [3.8, 4) is 0 Å². The van der Waals surface area contributed by atoms with E-state index in [1.807, 2.05) is 23.1 Å². The molecule has 1 atom stereocenters. The van der Waals surface area contributed by atoms with Crippen molar-refractivity contribution >= 4 is 28.5 Å². The zero-order chi connectivity index (χ0) is 24.2. The van der Waals surface area contributed by atoms with Crippen LogP contribution in [0, 0.1) is 5.92 Å². The summed E-state index contributed by atoms with van der Waals surface area (Å²) in [5, 5.41) is 6.43. The number of fused-ring (bicyclic) bond motifs is 1. The van der Waals surface area contributed by atoms with E-state index < -0.39 is 0 Å². The summed E-state index contributed by atoms with van der Waals surface area (Å²) in [6.07, 6.45) is 4.51. The van der Waals surface area contributed by atoms with Gasteiger partial charge in [0.2, 0.25) is 11.8 Å². The summed E-state index contributed by atoms with van der Waals surface area (Å²) >= 11 is 0. The number of nitrogens with one attached hydrogen (secondary N) is 3. The molecule has 3 aliphatic rings. The van der Waals surface area contributed by atoms with E-state index in [9.17, 15) is 9.59 Å². The van der Waals surface area contributed by atoms with E-state index >= 15 is 0 Å². The highest BCUT2D eigenvalue weighted by atomic mass is 16.2. The summed E-state index contributed by atoms with van der Waals surface area (Å²) in [5.41, 5.74) is 2.67. The highest BCUT2D eigenvalue weighted by Gasteiger charge is 2.28. The van der Waals surface area contributed by atoms with Gasteiger partial charge in [0.15, 0.2) is 0 Å². The van der Waals surface area contributed by atoms with Crippen LogP contribution in [0.2, 0.25) is 0 Å². The van der Waals surface area contributed by atoms with Gasteiger partial charge in [-0.05, 0) is 57.4 Å². The average molecular weight is 482 g/mol. The fourth-order valence-corrected chi connectivity index (χ4v) is 5.62. The topological polar surface area (TPSA) is 96.6 Å². The molecule has 190 valence electrons. The van der Waals surface area contributed by atoms with Gasteiger partial charge < -0.3 is 25.4 Å². The number of aromatic nitrogens is 2. The molecule has 0 bridgehead atoms. The van der Waals surface area contributed by atoms with Crippen molar-refractivity contribution in [2.45, 2.75) is 51.6 Å². The molecule has 1 aromatic heterocycles. The van der Waals surface area contributed by atoms with E-state index in [1.54, 1.807) is 0 Å². The Morgan fingerprint density at radius 1 is 1.09 bits per heavy atom. The van der Waals surface area contributed by atoms with E-state index in [2.05, 4.69) is 32.3 Å². The molecule has 2 amide bonds. The molecule has 3 aliphatic heterocycles. The van der Waals surface area contributed by atoms with Crippen LogP contribution >= 0.6 is 0 Å². The summed E-state index contributed by atoms with van der Waals surface area (Å²) in [7, 11) is 0. The second kappa shape index (κ2) is 11.1. The minimum absolute atomic E-state index is 0.0443. The number of hydrogen-bond acceptors (Lipinski definition) is 6. The summed E-state index contributed by atoms with van der Waals surface area (Å²) in [5.74, 6) is 1.18. The van der Waals surface area contributed by atoms with Crippen LogP contribution in [0.4, 0.5) is 5.69 Å². The number of rotatable bonds is 7. The number of benzene rings is 1. The number of hydrogen-bond donors (Lipinski definition) is 3. The molecule has 3 N–H and O–H groups in total. The van der Waals surface area contributed by atoms with Crippen molar-refractivity contribution in [1.82, 2.24) is 30.0 Å². The molecule has 0 radical (unpaired) electrons. The Bertz CT molecular complexity index is 1020. The lowest BCUT2D eigenvalue weighted by Gasteiger charge is -2.32. The minimum Gasteiger partial charge on any atom is -0.343 e. The Labute approximate surface area is 207 Å². The zero-order valence-corrected chi connectivity index (χ0v) is 20.9. The van der Waals surface area contributed by atoms with Crippen LogP contribution in [-0.4, -0.2) is 94.9 Å². The molecule has 4 heterocycles. The number of imidazole rings is 1. The summed E-state index contributed by atoms with van der Waals surface area (Å²) in [4.78, 5) is 40.5. The van der Waals surface area contributed by atoms with Crippen LogP contribution in [0.15, 0.2) is 18.2 Å². The predicted octanol–water partition coefficient (Wildman–Crippen LogP) is 2.02. The van der Waals surface area contributed by atoms with E-state index in [1.165, 1.54) is 12.8 Å². The third kappa shape index (κ3) is 6.02. The van der Waals surface area contributed by atoms with Crippen LogP contribution in [0.5, 0.6) is 0 Å². The van der Waals surface area contributed by atoms with E-state index in [0.717, 1.165) is 81.2 Å². The first-order chi connectivity index (χ1) is 17.0. The monoisotopic (exact) mass is 481 g/mol. The maximum atomic E-state index is 12.9. The smallest absolute Gasteiger partial charge is 0.227 e. The van der Waals surface area contributed by atoms with E-state index in [0.29, 0.717) is 25.6 Å². The lowest BCUT2D eigenvalue weighted by molar-refractivity contribution is -0.134. The van der Waals surface area contributed by atoms with Crippen LogP contribution in [0.25, 0.3) is 11.0 Å². The van der Waals surface area contributed by atoms with Gasteiger partial charge in [-0.2, -0.15) is 0 Å². The first kappa shape index (κ1) is 24.2. The molecular formula is C26H39N7O2. The lowest BCUT2D eigenvalue weighted by atomic mass is 9.95. The van der Waals surface area contributed by atoms with Crippen LogP contribution < -0.4 is 10.6 Å². The van der Waals surface area contributed by atoms with Gasteiger partial charge >= 0.3 is 0 Å². The number of anilines is 1. The molecule has 3 fully saturated rings. The normalized spacial score (nSPS) is 22.7. The number of H-pyrrole nitrogens is 1. The zero-order valence-electron chi connectivity index (χ0n) is 20.9. The molecule has 0 spiro atoms. The Morgan fingerprint density at radius 3 is 2.63 bits per heavy atom. The molecule has 9 nitrogen and oxygen atoms in total. The van der Waals surface area contributed by atoms with Crippen LogP contribution in [0.1, 0.15) is 44.9 Å². The first-order valence-corrected chi connectivity index (χ1v) is 13.3. The van der Waals surface area contributed by atoms with Gasteiger partial charge in [-0.1, -0.05) is 0 Å². The number of carbonyl (C=O) groups is 2. The number of likely N-dealkylation sites (tertiary alicyclic amines) is 2. The average Bonchev–Trinajstić information content (AvgIpc) is 3.48. The first-order valence-electron chi connectivity index (χ1n) is 13.3. The van der Waals surface area contributed by atoms with Crippen molar-refractivity contribution in [2.75, 3.05) is 57.7 Å². The maximum absolute atomic E-state index is 12.9. The molecule has 0 aliphatic carbocycles. The van der Waals surface area contributed by atoms with Crippen molar-refractivity contribution in [3.05, 3.63) is 24.0 Å². The molecular weight excluding hydrogens is 442 g/mol. The molecule has 3 saturated heterocycles. The Hall–Kier alpha value is -2.49. The number of aromatic amines is 1. The molecule has 35 heavy (non-hydrogen) atoms. The lowest BCUT2D eigenvalue weighted by Crippen LogP contribution is -2.46. The van der Waals surface area contributed by atoms with Crippen LogP contribution in [-0.2, 0) is 16.1 Å². The Kier molecular flexibility index (Phi) is 7.65. The van der Waals surface area contributed by atoms with Gasteiger partial charge in [0.05, 0.1) is 17.6 Å². The second-order valence-electron chi connectivity index (χ2n) is 10.4. The SMILES string of the molecule is C[C@H]1CCCN1Cc1nc2ccc(NC(=O)C3CCN(C(=O)CCN4CCNCC4)CC3)cc2[nH]1. The third-order valence-corrected chi connectivity index (χ3v) is 7.91. The highest BCUT2D eigenvalue weighted by molar-refractivity contribution is 5.94. The molecule has 9 heteroatoms. The third-order valence-electron chi connectivity index (χ3n) is 7.91. The number of piperazine rings is 1. The quantitative estimate of drug-likeness (QED) is 0.560. The van der Waals surface area contributed by atoms with Gasteiger partial charge in [-0.25, -0.2) is 4.98 Å². The summed E-state index contributed by atoms with van der Waals surface area (Å²) in [6.45, 7) is 10.4. The Balaban J connectivity index is 1.09. The number of carbonyl (C=O) groups excluding carboxylic acids is 2. The Morgan fingerprint density at radius 2 is 1.89 bits per heavy atom. The fraction of sp³-hybridized carbons (Fsp3) is 0.654. The molecule has 5 rings (SSSR count). The van der Waals surface area contributed by atoms with Gasteiger partial charge in [0.25, 0.3) is 0 Å². The van der Waals surface area contributed by atoms with Crippen molar-refractivity contribution in [2.24, 2.45) is 5.92 Å². The van der Waals surface area contributed by atoms with Gasteiger partial charge in [0.1, 0.15) is 5.82 Å². The maximum Gasteiger partial charge on any atom is 0.227 e. The van der Waals surface area contributed by atoms with Gasteiger partial charge in [0, 0.05) is 69.9 Å². The fourth-order valence-electron chi connectivity index (χ4n) is 5.62. The number of amides is 2. The summed E-state index contributed by atoms with van der Waals surface area (Å²) in [6, 6.07) is 6.48. The van der Waals surface area contributed by atoms with Crippen LogP contribution in [0.3, 0.4) is 0 Å². The van der Waals surface area contributed by atoms with Crippen molar-refractivity contribution < 1.29 is 9.59 Å². The predicted molar refractivity (Wildman–Crippen MR) is 137 cm³/mol. The highest BCUT2D eigenvalue weighted by Crippen LogP contribution is 2.24. The molecule has 0 saturated carbocycles. The standard InChI is InChI=1S/C26H39N7O2/c1-19-3-2-11-33(19)18-24-29-22-5-4-21(17-23(22)30-24)28-26(35)20-6-13-32(14-7-20)25(34)8-12-31-15-9-27-10-16-31/h4-5,17,19-20,27H,2-3,6-16,18H2,1H3,(H,28,35)(H,29,30)/t19-/m0/s1. The van der Waals surface area contributed by atoms with Gasteiger partial charge in [-0.3, -0.25) is 14.5 Å². The molecule has 1 aromatic carbocycles. The summed E-state index contributed by atoms with van der Waals surface area (Å²) < 4.78 is 0. The molecule has 2 aromatic rings. The van der Waals surface area contributed by atoms with Gasteiger partial charge in [-0.15, -0.1) is 0 Å². The van der Waals surface area contributed by atoms with Crippen molar-refractivity contribution in [1.29, 1.82) is 0 Å². The second-order valence-corrected chi connectivity index (χ2v) is 10.4. The van der Waals surface area contributed by atoms with E-state index in [-0.39, 0.29) is 17.7 Å². The van der Waals surface area contributed by atoms with Crippen molar-refractivity contribution in [3.63, 3.8) is 0 Å². The number of nitrogens with zero attached hydrogens (tertiary/aromatic N) is 4. The molecule has 0 unspecified atom stereocenters.